The zero-order valence-electron chi connectivity index (χ0n) is 12.8. The molecule has 2 aromatic rings. The first kappa shape index (κ1) is 17.1. The number of aromatic nitrogens is 1. The lowest BCUT2D eigenvalue weighted by Crippen LogP contribution is -2.28. The number of carbonyl (C=O) groups excluding carboxylic acids is 1. The van der Waals surface area contributed by atoms with Crippen molar-refractivity contribution in [3.8, 4) is 0 Å². The van der Waals surface area contributed by atoms with Crippen molar-refractivity contribution in [3.05, 3.63) is 31.8 Å². The summed E-state index contributed by atoms with van der Waals surface area (Å²) in [4.78, 5) is 12.1. The van der Waals surface area contributed by atoms with Gasteiger partial charge in [0.05, 0.1) is 28.1 Å². The summed E-state index contributed by atoms with van der Waals surface area (Å²) in [6.07, 6.45) is 0.406. The Labute approximate surface area is 152 Å². The molecule has 1 aromatic heterocycles. The zero-order valence-corrected chi connectivity index (χ0v) is 15.9. The minimum absolute atomic E-state index is 0.0233. The van der Waals surface area contributed by atoms with Gasteiger partial charge in [0.15, 0.2) is 0 Å². The molecule has 2 heterocycles. The molecule has 0 bridgehead atoms. The molecule has 23 heavy (non-hydrogen) atoms. The second-order valence-corrected chi connectivity index (χ2v) is 7.70. The Hall–Kier alpha value is -0.750. The van der Waals surface area contributed by atoms with Gasteiger partial charge >= 0.3 is 0 Å². The van der Waals surface area contributed by atoms with Gasteiger partial charge in [0.1, 0.15) is 0 Å². The number of halogens is 3. The van der Waals surface area contributed by atoms with Gasteiger partial charge in [-0.25, -0.2) is 0 Å². The monoisotopic (exact) mass is 418 g/mol. The maximum absolute atomic E-state index is 12.1. The fourth-order valence-corrected chi connectivity index (χ4v) is 4.76. The van der Waals surface area contributed by atoms with Crippen LogP contribution in [0.3, 0.4) is 0 Å². The molecule has 124 valence electrons. The van der Waals surface area contributed by atoms with Crippen molar-refractivity contribution < 1.29 is 9.90 Å². The van der Waals surface area contributed by atoms with E-state index in [1.807, 2.05) is 11.6 Å². The third-order valence-electron chi connectivity index (χ3n) is 4.35. The lowest BCUT2D eigenvalue weighted by molar-refractivity contribution is -0.120. The topological polar surface area (TPSA) is 54.3 Å². The minimum Gasteiger partial charge on any atom is -0.393 e. The average molecular weight is 420 g/mol. The molecule has 0 spiro atoms. The van der Waals surface area contributed by atoms with Crippen LogP contribution in [0.15, 0.2) is 10.5 Å². The van der Waals surface area contributed by atoms with E-state index in [1.54, 1.807) is 13.0 Å². The fraction of sp³-hybridized carbons (Fsp3) is 0.438. The maximum Gasteiger partial charge on any atom is 0.224 e. The molecule has 0 saturated carbocycles. The van der Waals surface area contributed by atoms with Crippen LogP contribution in [0.1, 0.15) is 30.5 Å². The van der Waals surface area contributed by atoms with Crippen LogP contribution in [-0.4, -0.2) is 28.2 Å². The SMILES string of the molecule is CC(O)CC1CNC(=O)Cc2c1n(C)c1c(Cl)c(Cl)cc(Br)c21. The number of benzene rings is 1. The molecule has 2 unspecified atom stereocenters. The van der Waals surface area contributed by atoms with Gasteiger partial charge in [-0.2, -0.15) is 0 Å². The Balaban J connectivity index is 2.35. The third kappa shape index (κ3) is 2.88. The molecule has 1 aromatic carbocycles. The summed E-state index contributed by atoms with van der Waals surface area (Å²) in [6, 6.07) is 1.76. The highest BCUT2D eigenvalue weighted by Gasteiger charge is 2.30. The van der Waals surface area contributed by atoms with Gasteiger partial charge in [-0.15, -0.1) is 0 Å². The quantitative estimate of drug-likeness (QED) is 0.727. The summed E-state index contributed by atoms with van der Waals surface area (Å²) in [5.74, 6) is 0.000377. The number of amides is 1. The molecule has 0 fully saturated rings. The number of aliphatic hydroxyl groups excluding tert-OH is 1. The van der Waals surface area contributed by atoms with E-state index in [1.165, 1.54) is 0 Å². The number of hydrogen-bond acceptors (Lipinski definition) is 2. The number of aliphatic hydroxyl groups is 1. The predicted octanol–water partition coefficient (Wildman–Crippen LogP) is 3.77. The highest BCUT2D eigenvalue weighted by atomic mass is 79.9. The smallest absolute Gasteiger partial charge is 0.224 e. The number of nitrogens with one attached hydrogen (secondary N) is 1. The van der Waals surface area contributed by atoms with Crippen LogP contribution in [-0.2, 0) is 18.3 Å². The molecular weight excluding hydrogens is 403 g/mol. The minimum atomic E-state index is -0.455. The van der Waals surface area contributed by atoms with Crippen molar-refractivity contribution in [2.45, 2.75) is 31.8 Å². The Kier molecular flexibility index (Phi) is 4.67. The zero-order chi connectivity index (χ0) is 16.9. The third-order valence-corrected chi connectivity index (χ3v) is 5.75. The summed E-state index contributed by atoms with van der Waals surface area (Å²) in [7, 11) is 1.93. The molecule has 4 nitrogen and oxygen atoms in total. The Morgan fingerprint density at radius 2 is 2.22 bits per heavy atom. The summed E-state index contributed by atoms with van der Waals surface area (Å²) < 4.78 is 2.83. The molecule has 1 amide bonds. The Bertz CT molecular complexity index is 801. The van der Waals surface area contributed by atoms with E-state index in [0.29, 0.717) is 29.4 Å². The molecule has 1 aliphatic heterocycles. The molecule has 3 rings (SSSR count). The lowest BCUT2D eigenvalue weighted by atomic mass is 9.94. The molecule has 0 saturated heterocycles. The lowest BCUT2D eigenvalue weighted by Gasteiger charge is -2.19. The highest BCUT2D eigenvalue weighted by molar-refractivity contribution is 9.10. The van der Waals surface area contributed by atoms with Crippen LogP contribution in [0, 0.1) is 0 Å². The summed E-state index contributed by atoms with van der Waals surface area (Å²) >= 11 is 16.2. The first-order valence-electron chi connectivity index (χ1n) is 7.40. The molecule has 7 heteroatoms. The second-order valence-electron chi connectivity index (χ2n) is 6.06. The van der Waals surface area contributed by atoms with Gasteiger partial charge in [-0.05, 0) is 25.0 Å². The Morgan fingerprint density at radius 3 is 2.87 bits per heavy atom. The number of nitrogens with zero attached hydrogens (tertiary/aromatic N) is 1. The van der Waals surface area contributed by atoms with Crippen LogP contribution in [0.25, 0.3) is 10.9 Å². The van der Waals surface area contributed by atoms with Crippen molar-refractivity contribution in [1.29, 1.82) is 0 Å². The largest absolute Gasteiger partial charge is 0.393 e. The van der Waals surface area contributed by atoms with Crippen molar-refractivity contribution >= 4 is 55.9 Å². The molecule has 2 N–H and O–H groups in total. The molecule has 1 aliphatic rings. The standard InChI is InChI=1S/C16H17BrCl2N2O2/c1-7(22)3-8-6-20-12(23)4-9-13-10(17)5-11(18)14(19)16(13)21(2)15(8)9/h5,7-8,22H,3-4,6H2,1-2H3,(H,20,23). The summed E-state index contributed by atoms with van der Waals surface area (Å²) in [5, 5.41) is 14.6. The molecule has 0 aliphatic carbocycles. The van der Waals surface area contributed by atoms with E-state index in [-0.39, 0.29) is 11.8 Å². The molecule has 0 radical (unpaired) electrons. The number of hydrogen-bond donors (Lipinski definition) is 2. The average Bonchev–Trinajstić information content (AvgIpc) is 2.63. The van der Waals surface area contributed by atoms with Gasteiger partial charge in [-0.3, -0.25) is 4.79 Å². The van der Waals surface area contributed by atoms with Crippen LogP contribution in [0.5, 0.6) is 0 Å². The van der Waals surface area contributed by atoms with E-state index in [4.69, 9.17) is 23.2 Å². The summed E-state index contributed by atoms with van der Waals surface area (Å²) in [5.41, 5.74) is 2.80. The van der Waals surface area contributed by atoms with E-state index < -0.39 is 6.10 Å². The van der Waals surface area contributed by atoms with Gasteiger partial charge in [0.2, 0.25) is 5.91 Å². The number of fused-ring (bicyclic) bond motifs is 3. The van der Waals surface area contributed by atoms with Crippen molar-refractivity contribution in [2.24, 2.45) is 7.05 Å². The Morgan fingerprint density at radius 1 is 1.52 bits per heavy atom. The van der Waals surface area contributed by atoms with Crippen LogP contribution in [0.2, 0.25) is 10.0 Å². The van der Waals surface area contributed by atoms with E-state index in [2.05, 4.69) is 21.2 Å². The van der Waals surface area contributed by atoms with Gasteiger partial charge < -0.3 is 15.0 Å². The number of carbonyl (C=O) groups is 1. The van der Waals surface area contributed by atoms with Crippen LogP contribution >= 0.6 is 39.1 Å². The van der Waals surface area contributed by atoms with Crippen molar-refractivity contribution in [3.63, 3.8) is 0 Å². The van der Waals surface area contributed by atoms with Crippen molar-refractivity contribution in [1.82, 2.24) is 9.88 Å². The number of aryl methyl sites for hydroxylation is 1. The molecular formula is C16H17BrCl2N2O2. The van der Waals surface area contributed by atoms with E-state index in [9.17, 15) is 9.90 Å². The first-order valence-corrected chi connectivity index (χ1v) is 8.95. The first-order chi connectivity index (χ1) is 10.8. The predicted molar refractivity (Wildman–Crippen MR) is 96.4 cm³/mol. The fourth-order valence-electron chi connectivity index (χ4n) is 3.50. The van der Waals surface area contributed by atoms with Crippen LogP contribution in [0.4, 0.5) is 0 Å². The van der Waals surface area contributed by atoms with E-state index in [0.717, 1.165) is 26.6 Å². The normalized spacial score (nSPS) is 19.4. The van der Waals surface area contributed by atoms with Gasteiger partial charge in [0, 0.05) is 35.1 Å². The summed E-state index contributed by atoms with van der Waals surface area (Å²) in [6.45, 7) is 2.26. The van der Waals surface area contributed by atoms with Crippen LogP contribution < -0.4 is 5.32 Å². The second kappa shape index (κ2) is 6.28. The van der Waals surface area contributed by atoms with Gasteiger partial charge in [-0.1, -0.05) is 39.1 Å². The maximum atomic E-state index is 12.1. The highest BCUT2D eigenvalue weighted by Crippen LogP contribution is 2.43. The van der Waals surface area contributed by atoms with E-state index >= 15 is 0 Å². The molecule has 2 atom stereocenters. The number of rotatable bonds is 2. The van der Waals surface area contributed by atoms with Gasteiger partial charge in [0.25, 0.3) is 0 Å². The van der Waals surface area contributed by atoms with Crippen molar-refractivity contribution in [2.75, 3.05) is 6.54 Å².